The highest BCUT2D eigenvalue weighted by Gasteiger charge is 2.60. The van der Waals surface area contributed by atoms with E-state index in [1.807, 2.05) is 0 Å². The minimum absolute atomic E-state index is 0.0315. The summed E-state index contributed by atoms with van der Waals surface area (Å²) in [7, 11) is -1.38. The first-order valence-corrected chi connectivity index (χ1v) is 12.0. The van der Waals surface area contributed by atoms with Crippen LogP contribution in [0.2, 0.25) is 5.02 Å². The number of amides is 2. The van der Waals surface area contributed by atoms with E-state index in [9.17, 15) is 18.0 Å². The zero-order valence-corrected chi connectivity index (χ0v) is 19.3. The molecule has 0 bridgehead atoms. The fourth-order valence-electron chi connectivity index (χ4n) is 3.11. The molecule has 0 aliphatic carbocycles. The SMILES string of the molecule is COc1ccc(S(=O)(=O)C2(CCCC#Cc3ccc(Cl)cc3)SC(=O)N(C)C2=O)cc1. The number of thioether (sulfide) groups is 1. The zero-order chi connectivity index (χ0) is 22.6. The summed E-state index contributed by atoms with van der Waals surface area (Å²) in [5, 5.41) is 0.0242. The Kier molecular flexibility index (Phi) is 6.99. The molecule has 0 spiro atoms. The third kappa shape index (κ3) is 4.59. The van der Waals surface area contributed by atoms with E-state index < -0.39 is 25.1 Å². The third-order valence-corrected chi connectivity index (χ3v) is 9.30. The molecular weight excluding hydrogens is 458 g/mol. The number of carbonyl (C=O) groups excluding carboxylic acids is 2. The summed E-state index contributed by atoms with van der Waals surface area (Å²) >= 11 is 6.41. The molecule has 1 saturated heterocycles. The third-order valence-electron chi connectivity index (χ3n) is 4.84. The molecule has 1 aliphatic heterocycles. The van der Waals surface area contributed by atoms with Crippen molar-refractivity contribution in [3.63, 3.8) is 0 Å². The summed E-state index contributed by atoms with van der Waals surface area (Å²) in [6.07, 6.45) is 0.667. The summed E-state index contributed by atoms with van der Waals surface area (Å²) in [6.45, 7) is 0. The van der Waals surface area contributed by atoms with Crippen LogP contribution in [0.5, 0.6) is 5.75 Å². The fraction of sp³-hybridized carbons (Fsp3) is 0.273. The van der Waals surface area contributed by atoms with E-state index in [4.69, 9.17) is 16.3 Å². The molecule has 0 aromatic heterocycles. The van der Waals surface area contributed by atoms with Gasteiger partial charge in [-0.25, -0.2) is 8.42 Å². The van der Waals surface area contributed by atoms with Gasteiger partial charge in [0.05, 0.1) is 12.0 Å². The molecule has 2 aromatic carbocycles. The van der Waals surface area contributed by atoms with Crippen LogP contribution in [-0.4, -0.2) is 42.7 Å². The Hall–Kier alpha value is -2.47. The van der Waals surface area contributed by atoms with E-state index in [1.165, 1.54) is 38.4 Å². The summed E-state index contributed by atoms with van der Waals surface area (Å²) < 4.78 is 30.1. The molecule has 2 amide bonds. The summed E-state index contributed by atoms with van der Waals surface area (Å²) in [4.78, 5) is 26.0. The van der Waals surface area contributed by atoms with E-state index in [0.29, 0.717) is 35.4 Å². The number of halogens is 1. The highest BCUT2D eigenvalue weighted by molar-refractivity contribution is 8.25. The number of nitrogens with zero attached hydrogens (tertiary/aromatic N) is 1. The van der Waals surface area contributed by atoms with Crippen LogP contribution in [0.25, 0.3) is 0 Å². The molecule has 1 fully saturated rings. The Balaban J connectivity index is 1.84. The lowest BCUT2D eigenvalue weighted by Crippen LogP contribution is -2.44. The normalized spacial score (nSPS) is 18.6. The number of carbonyl (C=O) groups is 2. The average molecular weight is 478 g/mol. The molecule has 1 unspecified atom stereocenters. The number of imide groups is 1. The predicted molar refractivity (Wildman–Crippen MR) is 121 cm³/mol. The lowest BCUT2D eigenvalue weighted by atomic mass is 10.1. The Morgan fingerprint density at radius 3 is 2.29 bits per heavy atom. The van der Waals surface area contributed by atoms with Crippen molar-refractivity contribution in [3.05, 3.63) is 59.1 Å². The molecule has 1 atom stereocenters. The highest BCUT2D eigenvalue weighted by atomic mass is 35.5. The van der Waals surface area contributed by atoms with Gasteiger partial charge in [0.1, 0.15) is 5.75 Å². The van der Waals surface area contributed by atoms with Crippen molar-refractivity contribution in [3.8, 4) is 17.6 Å². The molecule has 0 radical (unpaired) electrons. The lowest BCUT2D eigenvalue weighted by Gasteiger charge is -2.25. The van der Waals surface area contributed by atoms with Crippen molar-refractivity contribution in [2.45, 2.75) is 28.2 Å². The predicted octanol–water partition coefficient (Wildman–Crippen LogP) is 4.37. The van der Waals surface area contributed by atoms with Crippen LogP contribution in [0, 0.1) is 11.8 Å². The monoisotopic (exact) mass is 477 g/mol. The van der Waals surface area contributed by atoms with Crippen molar-refractivity contribution < 1.29 is 22.7 Å². The smallest absolute Gasteiger partial charge is 0.290 e. The lowest BCUT2D eigenvalue weighted by molar-refractivity contribution is -0.126. The molecule has 162 valence electrons. The maximum absolute atomic E-state index is 13.5. The first-order chi connectivity index (χ1) is 14.7. The zero-order valence-electron chi connectivity index (χ0n) is 16.9. The number of hydrogen-bond acceptors (Lipinski definition) is 6. The van der Waals surface area contributed by atoms with Gasteiger partial charge in [0.25, 0.3) is 11.1 Å². The van der Waals surface area contributed by atoms with E-state index in [2.05, 4.69) is 11.8 Å². The van der Waals surface area contributed by atoms with Crippen LogP contribution in [0.3, 0.4) is 0 Å². The van der Waals surface area contributed by atoms with Gasteiger partial charge in [-0.3, -0.25) is 14.5 Å². The second-order valence-electron chi connectivity index (χ2n) is 6.83. The maximum Gasteiger partial charge on any atom is 0.290 e. The van der Waals surface area contributed by atoms with Gasteiger partial charge in [-0.1, -0.05) is 23.4 Å². The van der Waals surface area contributed by atoms with Gasteiger partial charge < -0.3 is 4.74 Å². The van der Waals surface area contributed by atoms with Crippen molar-refractivity contribution >= 4 is 44.3 Å². The summed E-state index contributed by atoms with van der Waals surface area (Å²) in [6, 6.07) is 12.8. The average Bonchev–Trinajstić information content (AvgIpc) is 2.99. The van der Waals surface area contributed by atoms with Crippen LogP contribution < -0.4 is 4.74 Å². The number of sulfone groups is 1. The maximum atomic E-state index is 13.5. The van der Waals surface area contributed by atoms with Crippen LogP contribution >= 0.6 is 23.4 Å². The molecular formula is C22H20ClNO5S2. The largest absolute Gasteiger partial charge is 0.497 e. The van der Waals surface area contributed by atoms with Crippen LogP contribution in [0.4, 0.5) is 4.79 Å². The number of benzene rings is 2. The minimum atomic E-state index is -4.15. The van der Waals surface area contributed by atoms with Crippen molar-refractivity contribution in [1.29, 1.82) is 0 Å². The van der Waals surface area contributed by atoms with Gasteiger partial charge >= 0.3 is 0 Å². The summed E-state index contributed by atoms with van der Waals surface area (Å²) in [5.41, 5.74) is 0.784. The number of ether oxygens (including phenoxy) is 1. The van der Waals surface area contributed by atoms with E-state index in [1.54, 1.807) is 24.3 Å². The Bertz CT molecular complexity index is 1150. The summed E-state index contributed by atoms with van der Waals surface area (Å²) in [5.74, 6) is 5.72. The van der Waals surface area contributed by atoms with Crippen molar-refractivity contribution in [1.82, 2.24) is 4.90 Å². The number of methoxy groups -OCH3 is 1. The number of hydrogen-bond donors (Lipinski definition) is 0. The minimum Gasteiger partial charge on any atom is -0.497 e. The molecule has 6 nitrogen and oxygen atoms in total. The van der Waals surface area contributed by atoms with Crippen LogP contribution in [0.15, 0.2) is 53.4 Å². The Morgan fingerprint density at radius 1 is 1.10 bits per heavy atom. The molecule has 0 saturated carbocycles. The second kappa shape index (κ2) is 9.35. The molecule has 0 N–H and O–H groups in total. The first-order valence-electron chi connectivity index (χ1n) is 9.35. The van der Waals surface area contributed by atoms with Gasteiger partial charge in [-0.2, -0.15) is 0 Å². The van der Waals surface area contributed by atoms with Crippen LogP contribution in [0.1, 0.15) is 24.8 Å². The van der Waals surface area contributed by atoms with Gasteiger partial charge in [0.2, 0.25) is 13.9 Å². The van der Waals surface area contributed by atoms with Crippen LogP contribution in [-0.2, 0) is 14.6 Å². The van der Waals surface area contributed by atoms with Crippen molar-refractivity contribution in [2.24, 2.45) is 0 Å². The molecule has 3 rings (SSSR count). The first kappa shape index (κ1) is 23.2. The van der Waals surface area contributed by atoms with Gasteiger partial charge in [-0.15, -0.1) is 0 Å². The molecule has 2 aromatic rings. The molecule has 1 aliphatic rings. The second-order valence-corrected chi connectivity index (χ2v) is 10.9. The van der Waals surface area contributed by atoms with E-state index >= 15 is 0 Å². The molecule has 1 heterocycles. The van der Waals surface area contributed by atoms with Gasteiger partial charge in [-0.05, 0) is 73.1 Å². The Labute approximate surface area is 190 Å². The Morgan fingerprint density at radius 2 is 1.74 bits per heavy atom. The number of unbranched alkanes of at least 4 members (excludes halogenated alkanes) is 1. The fourth-order valence-corrected chi connectivity index (χ4v) is 6.80. The molecule has 9 heteroatoms. The number of rotatable bonds is 6. The van der Waals surface area contributed by atoms with E-state index in [-0.39, 0.29) is 11.3 Å². The highest BCUT2D eigenvalue weighted by Crippen LogP contribution is 2.47. The topological polar surface area (TPSA) is 80.8 Å². The van der Waals surface area contributed by atoms with E-state index in [0.717, 1.165) is 10.5 Å². The standard InChI is InChI=1S/C22H20ClNO5S2/c1-24-20(25)22(30-21(24)26,31(27,28)19-13-11-18(29-2)12-14-19)15-5-3-4-6-16-7-9-17(23)10-8-16/h7-14H,3,5,15H2,1-2H3. The quantitative estimate of drug-likeness (QED) is 0.454. The van der Waals surface area contributed by atoms with Gasteiger partial charge in [0, 0.05) is 24.1 Å². The van der Waals surface area contributed by atoms with Gasteiger partial charge in [0.15, 0.2) is 0 Å². The molecule has 31 heavy (non-hydrogen) atoms. The van der Waals surface area contributed by atoms with Crippen molar-refractivity contribution in [2.75, 3.05) is 14.2 Å².